The van der Waals surface area contributed by atoms with Gasteiger partial charge in [-0.05, 0) is 18.1 Å². The van der Waals surface area contributed by atoms with Gasteiger partial charge in [-0.3, -0.25) is 4.79 Å². The molecule has 8 heteroatoms. The lowest BCUT2D eigenvalue weighted by Gasteiger charge is -2.24. The number of rotatable bonds is 7. The lowest BCUT2D eigenvalue weighted by molar-refractivity contribution is 0.172. The summed E-state index contributed by atoms with van der Waals surface area (Å²) in [5, 5.41) is 0.460. The second-order valence-corrected chi connectivity index (χ2v) is 8.42. The summed E-state index contributed by atoms with van der Waals surface area (Å²) in [7, 11) is 1.66. The van der Waals surface area contributed by atoms with Gasteiger partial charge >= 0.3 is 0 Å². The van der Waals surface area contributed by atoms with Crippen molar-refractivity contribution in [3.8, 4) is 34.1 Å². The summed E-state index contributed by atoms with van der Waals surface area (Å²) in [5.74, 6) is 1.85. The largest absolute Gasteiger partial charge is 0.492 e. The number of benzene rings is 1. The van der Waals surface area contributed by atoms with Crippen LogP contribution in [0.1, 0.15) is 26.3 Å². The SMILES string of the molecule is COCCCOc1cc2c(cc1Cl)-c1cc(=O)c(-c3ncccn3)cn1[C@H](C(C)C)CO2. The maximum Gasteiger partial charge on any atom is 0.193 e. The lowest BCUT2D eigenvalue weighted by atomic mass is 10.0. The van der Waals surface area contributed by atoms with Gasteiger partial charge in [-0.25, -0.2) is 9.97 Å². The molecule has 1 aromatic carbocycles. The van der Waals surface area contributed by atoms with Gasteiger partial charge in [0.05, 0.1) is 28.9 Å². The van der Waals surface area contributed by atoms with Crippen molar-refractivity contribution in [2.24, 2.45) is 5.92 Å². The highest BCUT2D eigenvalue weighted by atomic mass is 35.5. The molecule has 7 nitrogen and oxygen atoms in total. The summed E-state index contributed by atoms with van der Waals surface area (Å²) < 4.78 is 19.2. The van der Waals surface area contributed by atoms with Crippen molar-refractivity contribution in [1.82, 2.24) is 14.5 Å². The van der Waals surface area contributed by atoms with Gasteiger partial charge in [0.1, 0.15) is 18.1 Å². The van der Waals surface area contributed by atoms with Crippen LogP contribution in [0, 0.1) is 5.92 Å². The Morgan fingerprint density at radius 2 is 1.97 bits per heavy atom. The van der Waals surface area contributed by atoms with E-state index in [9.17, 15) is 4.79 Å². The second kappa shape index (κ2) is 9.71. The molecule has 0 fully saturated rings. The maximum atomic E-state index is 13.0. The molecule has 4 rings (SSSR count). The summed E-state index contributed by atoms with van der Waals surface area (Å²) in [6.07, 6.45) is 5.84. The fraction of sp³-hybridized carbons (Fsp3) is 0.375. The zero-order chi connectivity index (χ0) is 22.7. The molecule has 1 aliphatic heterocycles. The van der Waals surface area contributed by atoms with E-state index in [0.717, 1.165) is 17.7 Å². The van der Waals surface area contributed by atoms with E-state index < -0.39 is 0 Å². The second-order valence-electron chi connectivity index (χ2n) is 8.01. The van der Waals surface area contributed by atoms with Crippen LogP contribution in [-0.4, -0.2) is 41.5 Å². The first-order valence-electron chi connectivity index (χ1n) is 10.6. The van der Waals surface area contributed by atoms with Gasteiger partial charge in [0.25, 0.3) is 0 Å². The van der Waals surface area contributed by atoms with Gasteiger partial charge in [-0.2, -0.15) is 0 Å². The quantitative estimate of drug-likeness (QED) is 0.483. The number of methoxy groups -OCH3 is 1. The highest BCUT2D eigenvalue weighted by Crippen LogP contribution is 2.42. The predicted octanol–water partition coefficient (Wildman–Crippen LogP) is 4.63. The fourth-order valence-corrected chi connectivity index (χ4v) is 3.98. The number of nitrogens with zero attached hydrogens (tertiary/aromatic N) is 3. The summed E-state index contributed by atoms with van der Waals surface area (Å²) in [5.41, 5.74) is 1.79. The van der Waals surface area contributed by atoms with Crippen LogP contribution in [0.5, 0.6) is 11.5 Å². The molecule has 0 saturated heterocycles. The molecule has 32 heavy (non-hydrogen) atoms. The minimum Gasteiger partial charge on any atom is -0.492 e. The van der Waals surface area contributed by atoms with Gasteiger partial charge in [0.15, 0.2) is 11.3 Å². The molecular formula is C24H26ClN3O4. The Hall–Kier alpha value is -2.90. The minimum absolute atomic E-state index is 0.00492. The van der Waals surface area contributed by atoms with Crippen LogP contribution in [-0.2, 0) is 4.74 Å². The highest BCUT2D eigenvalue weighted by Gasteiger charge is 2.27. The zero-order valence-electron chi connectivity index (χ0n) is 18.4. The monoisotopic (exact) mass is 455 g/mol. The van der Waals surface area contributed by atoms with Gasteiger partial charge in [-0.1, -0.05) is 25.4 Å². The standard InChI is InChI=1S/C24H26ClN3O4/c1-15(2)20-14-32-22-12-23(31-9-5-8-30-3)18(25)10-16(22)19-11-21(29)17(13-28(19)20)24-26-6-4-7-27-24/h4,6-7,10-13,15,20H,5,8-9,14H2,1-3H3/t20-/m0/s1. The van der Waals surface area contributed by atoms with E-state index in [2.05, 4.69) is 28.4 Å². The van der Waals surface area contributed by atoms with Crippen molar-refractivity contribution in [1.29, 1.82) is 0 Å². The first-order valence-corrected chi connectivity index (χ1v) is 11.0. The molecule has 2 aromatic heterocycles. The molecule has 0 radical (unpaired) electrons. The van der Waals surface area contributed by atoms with Crippen LogP contribution in [0.2, 0.25) is 5.02 Å². The number of hydrogen-bond donors (Lipinski definition) is 0. The van der Waals surface area contributed by atoms with Crippen LogP contribution < -0.4 is 14.9 Å². The number of fused-ring (bicyclic) bond motifs is 3. The average Bonchev–Trinajstić information content (AvgIpc) is 2.93. The van der Waals surface area contributed by atoms with E-state index in [1.165, 1.54) is 0 Å². The molecule has 0 aliphatic carbocycles. The van der Waals surface area contributed by atoms with E-state index in [4.69, 9.17) is 25.8 Å². The number of ether oxygens (including phenoxy) is 3. The smallest absolute Gasteiger partial charge is 0.193 e. The summed E-state index contributed by atoms with van der Waals surface area (Å²) in [6, 6.07) is 6.95. The Bertz CT molecular complexity index is 1150. The Morgan fingerprint density at radius 1 is 1.19 bits per heavy atom. The molecule has 0 spiro atoms. The van der Waals surface area contributed by atoms with Gasteiger partial charge in [0, 0.05) is 56.4 Å². The first kappa shape index (κ1) is 22.3. The molecule has 0 N–H and O–H groups in total. The van der Waals surface area contributed by atoms with Crippen molar-refractivity contribution in [2.45, 2.75) is 26.3 Å². The minimum atomic E-state index is -0.158. The third-order valence-electron chi connectivity index (χ3n) is 5.48. The van der Waals surface area contributed by atoms with Crippen molar-refractivity contribution in [3.05, 3.63) is 58.1 Å². The number of aromatic nitrogens is 3. The summed E-state index contributed by atoms with van der Waals surface area (Å²) >= 11 is 6.54. The number of pyridine rings is 1. The molecule has 0 bridgehead atoms. The zero-order valence-corrected chi connectivity index (χ0v) is 19.1. The Morgan fingerprint density at radius 3 is 2.69 bits per heavy atom. The van der Waals surface area contributed by atoms with Crippen LogP contribution in [0.25, 0.3) is 22.6 Å². The molecule has 0 unspecified atom stereocenters. The molecule has 168 valence electrons. The van der Waals surface area contributed by atoms with E-state index in [1.807, 2.05) is 6.20 Å². The van der Waals surface area contributed by atoms with Crippen LogP contribution >= 0.6 is 11.6 Å². The molecule has 1 aliphatic rings. The van der Waals surface area contributed by atoms with Crippen molar-refractivity contribution in [3.63, 3.8) is 0 Å². The van der Waals surface area contributed by atoms with Crippen molar-refractivity contribution < 1.29 is 14.2 Å². The molecule has 3 heterocycles. The Balaban J connectivity index is 1.81. The lowest BCUT2D eigenvalue weighted by Crippen LogP contribution is -2.24. The fourth-order valence-electron chi connectivity index (χ4n) is 3.77. The first-order chi connectivity index (χ1) is 15.5. The van der Waals surface area contributed by atoms with Gasteiger partial charge < -0.3 is 18.8 Å². The molecule has 3 aromatic rings. The Kier molecular flexibility index (Phi) is 6.77. The topological polar surface area (TPSA) is 75.5 Å². The number of hydrogen-bond acceptors (Lipinski definition) is 6. The Labute approximate surface area is 191 Å². The predicted molar refractivity (Wildman–Crippen MR) is 124 cm³/mol. The van der Waals surface area contributed by atoms with Crippen molar-refractivity contribution >= 4 is 11.6 Å². The highest BCUT2D eigenvalue weighted by molar-refractivity contribution is 6.32. The molecule has 0 saturated carbocycles. The van der Waals surface area contributed by atoms with Gasteiger partial charge in [-0.15, -0.1) is 0 Å². The third kappa shape index (κ3) is 4.49. The van der Waals surface area contributed by atoms with Gasteiger partial charge in [0.2, 0.25) is 0 Å². The van der Waals surface area contributed by atoms with Crippen LogP contribution in [0.3, 0.4) is 0 Å². The normalized spacial score (nSPS) is 15.0. The maximum absolute atomic E-state index is 13.0. The van der Waals surface area contributed by atoms with E-state index >= 15 is 0 Å². The van der Waals surface area contributed by atoms with Crippen molar-refractivity contribution in [2.75, 3.05) is 26.9 Å². The van der Waals surface area contributed by atoms with E-state index in [-0.39, 0.29) is 17.4 Å². The third-order valence-corrected chi connectivity index (χ3v) is 5.78. The summed E-state index contributed by atoms with van der Waals surface area (Å²) in [4.78, 5) is 21.6. The molecular weight excluding hydrogens is 430 g/mol. The van der Waals surface area contributed by atoms with E-state index in [0.29, 0.717) is 47.7 Å². The van der Waals surface area contributed by atoms with E-state index in [1.54, 1.807) is 43.8 Å². The van der Waals surface area contributed by atoms with Crippen LogP contribution in [0.4, 0.5) is 0 Å². The molecule has 0 amide bonds. The van der Waals surface area contributed by atoms with Crippen LogP contribution in [0.15, 0.2) is 47.7 Å². The molecule has 1 atom stereocenters. The number of halogens is 1. The summed E-state index contributed by atoms with van der Waals surface area (Å²) in [6.45, 7) is 5.79. The average molecular weight is 456 g/mol.